The molecule has 1 N–H and O–H groups in total. The van der Waals surface area contributed by atoms with Crippen LogP contribution in [0.3, 0.4) is 0 Å². The molecule has 0 unspecified atom stereocenters. The Labute approximate surface area is 162 Å². The maximum Gasteiger partial charge on any atom is 0.259 e. The van der Waals surface area contributed by atoms with E-state index in [1.807, 2.05) is 73.8 Å². The van der Waals surface area contributed by atoms with Crippen LogP contribution in [0.1, 0.15) is 21.5 Å². The second-order valence-electron chi connectivity index (χ2n) is 6.48. The lowest BCUT2D eigenvalue weighted by Gasteiger charge is -2.07. The molecule has 2 aromatic heterocycles. The highest BCUT2D eigenvalue weighted by atomic mass is 32.1. The van der Waals surface area contributed by atoms with Crippen molar-refractivity contribution < 1.29 is 4.79 Å². The van der Waals surface area contributed by atoms with Gasteiger partial charge in [-0.2, -0.15) is 5.10 Å². The van der Waals surface area contributed by atoms with Crippen molar-refractivity contribution >= 4 is 22.9 Å². The molecule has 0 fully saturated rings. The van der Waals surface area contributed by atoms with Crippen LogP contribution in [0.15, 0.2) is 72.2 Å². The number of nitrogens with zero attached hydrogens (tertiary/aromatic N) is 2. The maximum absolute atomic E-state index is 13.0. The van der Waals surface area contributed by atoms with E-state index in [0.29, 0.717) is 11.3 Å². The first-order valence-electron chi connectivity index (χ1n) is 8.69. The molecule has 0 spiro atoms. The smallest absolute Gasteiger partial charge is 0.259 e. The van der Waals surface area contributed by atoms with Crippen LogP contribution in [0.4, 0.5) is 5.69 Å². The van der Waals surface area contributed by atoms with E-state index in [9.17, 15) is 4.79 Å². The third-order valence-corrected chi connectivity index (χ3v) is 5.09. The molecule has 27 heavy (non-hydrogen) atoms. The lowest BCUT2D eigenvalue weighted by Crippen LogP contribution is -2.12. The molecule has 0 aliphatic rings. The van der Waals surface area contributed by atoms with Crippen molar-refractivity contribution in [2.45, 2.75) is 13.8 Å². The zero-order chi connectivity index (χ0) is 18.8. The fourth-order valence-electron chi connectivity index (χ4n) is 3.09. The summed E-state index contributed by atoms with van der Waals surface area (Å²) in [7, 11) is 0. The van der Waals surface area contributed by atoms with Gasteiger partial charge in [0.05, 0.1) is 16.1 Å². The quantitative estimate of drug-likeness (QED) is 0.515. The molecular weight excluding hydrogens is 354 g/mol. The van der Waals surface area contributed by atoms with E-state index >= 15 is 0 Å². The number of benzene rings is 2. The van der Waals surface area contributed by atoms with Gasteiger partial charge in [0.1, 0.15) is 5.69 Å². The summed E-state index contributed by atoms with van der Waals surface area (Å²) in [5.74, 6) is -0.161. The van der Waals surface area contributed by atoms with E-state index < -0.39 is 0 Å². The number of aromatic nitrogens is 2. The number of rotatable bonds is 4. The summed E-state index contributed by atoms with van der Waals surface area (Å²) in [4.78, 5) is 14.0. The van der Waals surface area contributed by atoms with Gasteiger partial charge in [-0.1, -0.05) is 30.3 Å². The van der Waals surface area contributed by atoms with Crippen LogP contribution >= 0.6 is 11.3 Å². The third kappa shape index (κ3) is 3.68. The molecule has 2 heterocycles. The zero-order valence-corrected chi connectivity index (χ0v) is 16.0. The number of nitrogens with one attached hydrogen (secondary N) is 1. The molecule has 0 bridgehead atoms. The van der Waals surface area contributed by atoms with Crippen LogP contribution in [-0.4, -0.2) is 15.7 Å². The van der Waals surface area contributed by atoms with E-state index in [2.05, 4.69) is 16.5 Å². The Kier molecular flexibility index (Phi) is 4.60. The summed E-state index contributed by atoms with van der Waals surface area (Å²) in [5, 5.41) is 9.69. The monoisotopic (exact) mass is 373 g/mol. The molecule has 4 nitrogen and oxygen atoms in total. The summed E-state index contributed by atoms with van der Waals surface area (Å²) < 4.78 is 1.76. The highest BCUT2D eigenvalue weighted by Gasteiger charge is 2.19. The van der Waals surface area contributed by atoms with Crippen molar-refractivity contribution in [2.75, 3.05) is 5.32 Å². The third-order valence-electron chi connectivity index (χ3n) is 4.21. The summed E-state index contributed by atoms with van der Waals surface area (Å²) >= 11 is 1.57. The Morgan fingerprint density at radius 3 is 2.41 bits per heavy atom. The molecule has 0 aliphatic carbocycles. The first kappa shape index (κ1) is 17.2. The molecule has 0 saturated heterocycles. The van der Waals surface area contributed by atoms with E-state index in [4.69, 9.17) is 0 Å². The van der Waals surface area contributed by atoms with E-state index in [1.54, 1.807) is 22.2 Å². The second kappa shape index (κ2) is 7.21. The SMILES string of the molecule is Cc1cc(C)cc(NC(=O)c2cn(-c3ccccc3)nc2-c2cccs2)c1. The number of thiophene rings is 1. The summed E-state index contributed by atoms with van der Waals surface area (Å²) in [6.07, 6.45) is 1.79. The fourth-order valence-corrected chi connectivity index (χ4v) is 3.82. The number of amides is 1. The summed E-state index contributed by atoms with van der Waals surface area (Å²) in [5.41, 5.74) is 5.19. The number of aryl methyl sites for hydroxylation is 2. The van der Waals surface area contributed by atoms with Gasteiger partial charge in [-0.25, -0.2) is 4.68 Å². The molecule has 0 radical (unpaired) electrons. The van der Waals surface area contributed by atoms with Crippen LogP contribution in [0.25, 0.3) is 16.3 Å². The fraction of sp³-hybridized carbons (Fsp3) is 0.0909. The minimum absolute atomic E-state index is 0.161. The largest absolute Gasteiger partial charge is 0.322 e. The zero-order valence-electron chi connectivity index (χ0n) is 15.1. The minimum Gasteiger partial charge on any atom is -0.322 e. The Morgan fingerprint density at radius 2 is 1.74 bits per heavy atom. The van der Waals surface area contributed by atoms with Crippen molar-refractivity contribution in [3.8, 4) is 16.3 Å². The minimum atomic E-state index is -0.161. The van der Waals surface area contributed by atoms with Crippen molar-refractivity contribution in [2.24, 2.45) is 0 Å². The standard InChI is InChI=1S/C22H19N3OS/c1-15-11-16(2)13-17(12-15)23-22(26)19-14-25(18-7-4-3-5-8-18)24-21(19)20-9-6-10-27-20/h3-14H,1-2H3,(H,23,26). The Bertz CT molecular complexity index is 1060. The lowest BCUT2D eigenvalue weighted by atomic mass is 10.1. The first-order chi connectivity index (χ1) is 13.1. The van der Waals surface area contributed by atoms with E-state index in [1.165, 1.54) is 0 Å². The molecule has 0 saturated carbocycles. The molecule has 4 aromatic rings. The topological polar surface area (TPSA) is 46.9 Å². The van der Waals surface area contributed by atoms with E-state index in [-0.39, 0.29) is 5.91 Å². The van der Waals surface area contributed by atoms with Gasteiger partial charge in [-0.15, -0.1) is 11.3 Å². The van der Waals surface area contributed by atoms with Gasteiger partial charge in [-0.3, -0.25) is 4.79 Å². The molecule has 1 amide bonds. The molecule has 0 aliphatic heterocycles. The van der Waals surface area contributed by atoms with Gasteiger partial charge in [0.2, 0.25) is 0 Å². The highest BCUT2D eigenvalue weighted by Crippen LogP contribution is 2.28. The van der Waals surface area contributed by atoms with Crippen LogP contribution in [-0.2, 0) is 0 Å². The van der Waals surface area contributed by atoms with Gasteiger partial charge < -0.3 is 5.32 Å². The number of carbonyl (C=O) groups excluding carboxylic acids is 1. The van der Waals surface area contributed by atoms with Gasteiger partial charge in [-0.05, 0) is 60.7 Å². The summed E-state index contributed by atoms with van der Waals surface area (Å²) in [6, 6.07) is 19.8. The average molecular weight is 373 g/mol. The van der Waals surface area contributed by atoms with Crippen molar-refractivity contribution in [1.29, 1.82) is 0 Å². The van der Waals surface area contributed by atoms with Gasteiger partial charge in [0.15, 0.2) is 0 Å². The predicted molar refractivity (Wildman–Crippen MR) is 111 cm³/mol. The molecule has 5 heteroatoms. The van der Waals surface area contributed by atoms with E-state index in [0.717, 1.165) is 27.4 Å². The number of hydrogen-bond acceptors (Lipinski definition) is 3. The predicted octanol–water partition coefficient (Wildman–Crippen LogP) is 5.47. The number of carbonyl (C=O) groups is 1. The Balaban J connectivity index is 1.74. The molecule has 0 atom stereocenters. The van der Waals surface area contributed by atoms with Gasteiger partial charge >= 0.3 is 0 Å². The Hall–Kier alpha value is -3.18. The lowest BCUT2D eigenvalue weighted by molar-refractivity contribution is 0.102. The molecule has 2 aromatic carbocycles. The van der Waals surface area contributed by atoms with Crippen LogP contribution in [0.5, 0.6) is 0 Å². The number of hydrogen-bond donors (Lipinski definition) is 1. The Morgan fingerprint density at radius 1 is 1.00 bits per heavy atom. The highest BCUT2D eigenvalue weighted by molar-refractivity contribution is 7.13. The number of para-hydroxylation sites is 1. The first-order valence-corrected chi connectivity index (χ1v) is 9.57. The average Bonchev–Trinajstić information content (AvgIpc) is 3.31. The molecular formula is C22H19N3OS. The van der Waals surface area contributed by atoms with Crippen LogP contribution in [0, 0.1) is 13.8 Å². The second-order valence-corrected chi connectivity index (χ2v) is 7.43. The van der Waals surface area contributed by atoms with Gasteiger partial charge in [0, 0.05) is 11.9 Å². The number of anilines is 1. The van der Waals surface area contributed by atoms with Crippen LogP contribution in [0.2, 0.25) is 0 Å². The van der Waals surface area contributed by atoms with Crippen molar-refractivity contribution in [3.63, 3.8) is 0 Å². The van der Waals surface area contributed by atoms with Crippen molar-refractivity contribution in [3.05, 3.63) is 88.9 Å². The normalized spacial score (nSPS) is 10.7. The van der Waals surface area contributed by atoms with Gasteiger partial charge in [0.25, 0.3) is 5.91 Å². The molecule has 4 rings (SSSR count). The molecule has 134 valence electrons. The van der Waals surface area contributed by atoms with Crippen molar-refractivity contribution in [1.82, 2.24) is 9.78 Å². The maximum atomic E-state index is 13.0. The summed E-state index contributed by atoms with van der Waals surface area (Å²) in [6.45, 7) is 4.04. The van der Waals surface area contributed by atoms with Crippen LogP contribution < -0.4 is 5.32 Å².